The SMILES string of the molecule is Cc1cc(C2(F)C(F)(F)C(F)(F)C(F)(F)C(F)(F)C2(F)F)cc(C)c1NC(=O)c1ccc(C#N)c([N+](=O)[O-])c1. The van der Waals surface area contributed by atoms with Crippen molar-refractivity contribution in [3.8, 4) is 6.07 Å². The standard InChI is InChI=1S/C22H12F11N3O3/c1-9-5-13(17(23)18(24,25)20(28,29)22(32,33)21(30,31)19(17,26)27)6-10(2)15(9)35-16(37)11-3-4-12(8-34)14(7-11)36(38)39/h3-7H,1-2H3,(H,35,37). The highest BCUT2D eigenvalue weighted by Crippen LogP contribution is 2.72. The van der Waals surface area contributed by atoms with Gasteiger partial charge in [-0.3, -0.25) is 14.9 Å². The molecule has 1 aliphatic rings. The van der Waals surface area contributed by atoms with Gasteiger partial charge < -0.3 is 5.32 Å². The lowest BCUT2D eigenvalue weighted by Gasteiger charge is -2.52. The average molecular weight is 575 g/mol. The smallest absolute Gasteiger partial charge is 0.321 e. The number of nitro benzene ring substituents is 1. The van der Waals surface area contributed by atoms with Crippen LogP contribution in [0.3, 0.4) is 0 Å². The summed E-state index contributed by atoms with van der Waals surface area (Å²) < 4.78 is 156. The van der Waals surface area contributed by atoms with Gasteiger partial charge in [-0.25, -0.2) is 4.39 Å². The number of hydrogen-bond donors (Lipinski definition) is 1. The first-order chi connectivity index (χ1) is 17.5. The van der Waals surface area contributed by atoms with Crippen LogP contribution in [0.25, 0.3) is 0 Å². The Bertz CT molecular complexity index is 1380. The Balaban J connectivity index is 2.14. The van der Waals surface area contributed by atoms with E-state index in [1.807, 2.05) is 0 Å². The Morgan fingerprint density at radius 3 is 1.67 bits per heavy atom. The highest BCUT2D eigenvalue weighted by atomic mass is 19.4. The third kappa shape index (κ3) is 3.56. The van der Waals surface area contributed by atoms with Crippen LogP contribution in [0.1, 0.15) is 32.6 Å². The van der Waals surface area contributed by atoms with Crippen LogP contribution < -0.4 is 5.32 Å². The number of rotatable bonds is 4. The Hall–Kier alpha value is -3.97. The molecule has 0 atom stereocenters. The van der Waals surface area contributed by atoms with Gasteiger partial charge in [0.15, 0.2) is 0 Å². The molecule has 2 aromatic rings. The minimum Gasteiger partial charge on any atom is -0.321 e. The zero-order chi connectivity index (χ0) is 30.1. The van der Waals surface area contributed by atoms with Crippen LogP contribution in [0.4, 0.5) is 59.7 Å². The van der Waals surface area contributed by atoms with Crippen molar-refractivity contribution < 1.29 is 58.0 Å². The van der Waals surface area contributed by atoms with Crippen LogP contribution in [0.15, 0.2) is 30.3 Å². The summed E-state index contributed by atoms with van der Waals surface area (Å²) in [7, 11) is 0. The molecule has 17 heteroatoms. The first kappa shape index (κ1) is 29.6. The number of aryl methyl sites for hydroxylation is 2. The average Bonchev–Trinajstić information content (AvgIpc) is 2.83. The number of nitro groups is 1. The van der Waals surface area contributed by atoms with E-state index in [1.165, 1.54) is 6.07 Å². The fourth-order valence-corrected chi connectivity index (χ4v) is 4.05. The van der Waals surface area contributed by atoms with E-state index in [-0.39, 0.29) is 12.1 Å². The number of benzene rings is 2. The van der Waals surface area contributed by atoms with Gasteiger partial charge in [0.05, 0.1) is 4.92 Å². The topological polar surface area (TPSA) is 96.0 Å². The minimum atomic E-state index is -7.36. The summed E-state index contributed by atoms with van der Waals surface area (Å²) in [6.45, 7) is 1.64. The number of nitrogens with one attached hydrogen (secondary N) is 1. The maximum atomic E-state index is 15.4. The molecule has 1 amide bonds. The number of nitriles is 1. The predicted octanol–water partition coefficient (Wildman–Crippen LogP) is 6.69. The second kappa shape index (κ2) is 8.52. The van der Waals surface area contributed by atoms with E-state index >= 15 is 4.39 Å². The summed E-state index contributed by atoms with van der Waals surface area (Å²) in [6, 6.07) is 3.92. The van der Waals surface area contributed by atoms with Crippen molar-refractivity contribution in [2.45, 2.75) is 49.1 Å². The van der Waals surface area contributed by atoms with E-state index in [2.05, 4.69) is 5.32 Å². The number of hydrogen-bond acceptors (Lipinski definition) is 4. The maximum absolute atomic E-state index is 15.4. The number of carbonyl (C=O) groups excluding carboxylic acids is 1. The molecule has 1 N–H and O–H groups in total. The van der Waals surface area contributed by atoms with Gasteiger partial charge in [-0.2, -0.15) is 49.2 Å². The van der Waals surface area contributed by atoms with Crippen LogP contribution in [-0.4, -0.2) is 40.4 Å². The lowest BCUT2D eigenvalue weighted by atomic mass is 9.68. The summed E-state index contributed by atoms with van der Waals surface area (Å²) in [5, 5.41) is 22.1. The fourth-order valence-electron chi connectivity index (χ4n) is 4.05. The number of carbonyl (C=O) groups is 1. The molecular weight excluding hydrogens is 563 g/mol. The van der Waals surface area contributed by atoms with Gasteiger partial charge in [-0.15, -0.1) is 0 Å². The van der Waals surface area contributed by atoms with E-state index in [0.717, 1.165) is 26.0 Å². The number of halogens is 11. The molecule has 0 aliphatic heterocycles. The van der Waals surface area contributed by atoms with Gasteiger partial charge in [0.25, 0.3) is 17.3 Å². The molecule has 210 valence electrons. The summed E-state index contributed by atoms with van der Waals surface area (Å²) in [6.07, 6.45) is 0. The van der Waals surface area contributed by atoms with Gasteiger partial charge in [0, 0.05) is 22.9 Å². The van der Waals surface area contributed by atoms with E-state index in [1.54, 1.807) is 0 Å². The highest BCUT2D eigenvalue weighted by Gasteiger charge is 3.01. The largest absolute Gasteiger partial charge is 0.384 e. The summed E-state index contributed by atoms with van der Waals surface area (Å²) in [5.41, 5.74) is -12.0. The second-order valence-electron chi connectivity index (χ2n) is 8.57. The third-order valence-corrected chi connectivity index (χ3v) is 6.19. The number of anilines is 1. The molecular formula is C22H12F11N3O3. The third-order valence-electron chi connectivity index (χ3n) is 6.19. The van der Waals surface area contributed by atoms with Gasteiger partial charge in [0.1, 0.15) is 11.6 Å². The first-order valence-electron chi connectivity index (χ1n) is 10.2. The van der Waals surface area contributed by atoms with E-state index in [4.69, 9.17) is 5.26 Å². The van der Waals surface area contributed by atoms with Gasteiger partial charge in [0.2, 0.25) is 0 Å². The van der Waals surface area contributed by atoms with Crippen molar-refractivity contribution in [1.82, 2.24) is 0 Å². The molecule has 1 aliphatic carbocycles. The zero-order valence-corrected chi connectivity index (χ0v) is 19.2. The number of alkyl halides is 11. The molecule has 0 aromatic heterocycles. The summed E-state index contributed by atoms with van der Waals surface area (Å²) >= 11 is 0. The molecule has 0 saturated heterocycles. The molecule has 1 saturated carbocycles. The van der Waals surface area contributed by atoms with Gasteiger partial charge in [-0.05, 0) is 37.1 Å². The van der Waals surface area contributed by atoms with Crippen LogP contribution >= 0.6 is 0 Å². The Labute approximate surface area is 210 Å². The van der Waals surface area contributed by atoms with Crippen molar-refractivity contribution in [2.24, 2.45) is 0 Å². The van der Waals surface area contributed by atoms with Crippen LogP contribution in [0.2, 0.25) is 0 Å². The van der Waals surface area contributed by atoms with E-state index < -0.39 is 85.3 Å². The van der Waals surface area contributed by atoms with Crippen LogP contribution in [0, 0.1) is 35.3 Å². The fraction of sp³-hybridized carbons (Fsp3) is 0.364. The molecule has 2 aromatic carbocycles. The predicted molar refractivity (Wildman–Crippen MR) is 109 cm³/mol. The lowest BCUT2D eigenvalue weighted by Crippen LogP contribution is -2.82. The first-order valence-corrected chi connectivity index (χ1v) is 10.2. The monoisotopic (exact) mass is 575 g/mol. The summed E-state index contributed by atoms with van der Waals surface area (Å²) in [5.74, 6) is -37.2. The molecule has 1 fully saturated rings. The number of amides is 1. The molecule has 0 heterocycles. The van der Waals surface area contributed by atoms with Crippen molar-refractivity contribution in [1.29, 1.82) is 5.26 Å². The van der Waals surface area contributed by atoms with Crippen molar-refractivity contribution in [3.63, 3.8) is 0 Å². The second-order valence-corrected chi connectivity index (χ2v) is 8.57. The summed E-state index contributed by atoms with van der Waals surface area (Å²) in [4.78, 5) is 22.7. The van der Waals surface area contributed by atoms with Crippen LogP contribution in [-0.2, 0) is 5.67 Å². The van der Waals surface area contributed by atoms with E-state index in [9.17, 15) is 58.8 Å². The Morgan fingerprint density at radius 2 is 1.26 bits per heavy atom. The zero-order valence-electron chi connectivity index (χ0n) is 19.2. The molecule has 0 unspecified atom stereocenters. The molecule has 0 bridgehead atoms. The molecule has 0 spiro atoms. The molecule has 0 radical (unpaired) electrons. The van der Waals surface area contributed by atoms with Gasteiger partial charge in [-0.1, -0.05) is 12.1 Å². The highest BCUT2D eigenvalue weighted by molar-refractivity contribution is 6.05. The van der Waals surface area contributed by atoms with Crippen LogP contribution in [0.5, 0.6) is 0 Å². The van der Waals surface area contributed by atoms with Gasteiger partial charge >= 0.3 is 29.6 Å². The van der Waals surface area contributed by atoms with Crippen molar-refractivity contribution in [2.75, 3.05) is 5.32 Å². The van der Waals surface area contributed by atoms with Crippen molar-refractivity contribution in [3.05, 3.63) is 68.3 Å². The lowest BCUT2D eigenvalue weighted by molar-refractivity contribution is -0.489. The Kier molecular flexibility index (Phi) is 6.46. The Morgan fingerprint density at radius 1 is 0.821 bits per heavy atom. The molecule has 3 rings (SSSR count). The van der Waals surface area contributed by atoms with Crippen molar-refractivity contribution >= 4 is 17.3 Å². The van der Waals surface area contributed by atoms with E-state index in [0.29, 0.717) is 6.07 Å². The normalized spacial score (nSPS) is 21.4. The molecule has 39 heavy (non-hydrogen) atoms. The minimum absolute atomic E-state index is 0.0404. The number of nitrogens with zero attached hydrogens (tertiary/aromatic N) is 2. The quantitative estimate of drug-likeness (QED) is 0.250. The maximum Gasteiger partial charge on any atom is 0.384 e. The molecule has 6 nitrogen and oxygen atoms in total.